The highest BCUT2D eigenvalue weighted by Crippen LogP contribution is 2.55. The molecule has 3 aliphatic heterocycles. The van der Waals surface area contributed by atoms with Crippen molar-refractivity contribution in [1.82, 2.24) is 10.2 Å². The smallest absolute Gasteiger partial charge is 0.246 e. The lowest BCUT2D eigenvalue weighted by Crippen LogP contribution is -2.56. The molecule has 0 radical (unpaired) electrons. The summed E-state index contributed by atoms with van der Waals surface area (Å²) in [6, 6.07) is 21.5. The Balaban J connectivity index is 1.14. The average molecular weight is 596 g/mol. The summed E-state index contributed by atoms with van der Waals surface area (Å²) in [6.45, 7) is -0.106. The number of ether oxygens (including phenoxy) is 2. The lowest BCUT2D eigenvalue weighted by molar-refractivity contribution is -0.142. The number of hydrogen-bond donors (Lipinski definition) is 2. The molecule has 0 aromatic heterocycles. The first-order valence-electron chi connectivity index (χ1n) is 15.3. The van der Waals surface area contributed by atoms with Crippen LogP contribution in [0.15, 0.2) is 91.0 Å². The topological polar surface area (TPSA) is 97.0 Å². The monoisotopic (exact) mass is 595 g/mol. The lowest BCUT2D eigenvalue weighted by atomic mass is 9.74. The van der Waals surface area contributed by atoms with Gasteiger partial charge < -0.3 is 25.0 Å². The fourth-order valence-electron chi connectivity index (χ4n) is 7.23. The molecule has 2 N–H and O–H groups in total. The zero-order valence-corrected chi connectivity index (χ0v) is 24.2. The molecule has 2 bridgehead atoms. The summed E-state index contributed by atoms with van der Waals surface area (Å²) in [5, 5.41) is 6.09. The van der Waals surface area contributed by atoms with Gasteiger partial charge in [-0.15, -0.1) is 0 Å². The normalized spacial score (nSPS) is 27.3. The molecule has 3 amide bonds. The number of halogens is 1. The van der Waals surface area contributed by atoms with Gasteiger partial charge >= 0.3 is 0 Å². The maximum Gasteiger partial charge on any atom is 0.246 e. The van der Waals surface area contributed by atoms with Gasteiger partial charge in [0.15, 0.2) is 0 Å². The predicted molar refractivity (Wildman–Crippen MR) is 161 cm³/mol. The van der Waals surface area contributed by atoms with Gasteiger partial charge in [-0.2, -0.15) is 0 Å². The number of para-hydroxylation sites is 1. The van der Waals surface area contributed by atoms with Crippen molar-refractivity contribution in [2.75, 3.05) is 5.32 Å². The van der Waals surface area contributed by atoms with Crippen molar-refractivity contribution in [2.24, 2.45) is 11.8 Å². The highest BCUT2D eigenvalue weighted by Gasteiger charge is 2.72. The second-order valence-electron chi connectivity index (χ2n) is 12.0. The molecular weight excluding hydrogens is 561 g/mol. The van der Waals surface area contributed by atoms with Crippen LogP contribution < -0.4 is 15.4 Å². The van der Waals surface area contributed by atoms with Gasteiger partial charge in [-0.25, -0.2) is 4.39 Å². The minimum atomic E-state index is -1.32. The Kier molecular flexibility index (Phi) is 7.42. The zero-order valence-electron chi connectivity index (χ0n) is 24.2. The third-order valence-electron chi connectivity index (χ3n) is 9.28. The molecular formula is C35H34FN3O5. The van der Waals surface area contributed by atoms with Crippen molar-refractivity contribution in [2.45, 2.75) is 62.4 Å². The van der Waals surface area contributed by atoms with Crippen molar-refractivity contribution in [3.05, 3.63) is 102 Å². The van der Waals surface area contributed by atoms with Crippen LogP contribution in [0.1, 0.15) is 37.7 Å². The first-order valence-corrected chi connectivity index (χ1v) is 15.3. The van der Waals surface area contributed by atoms with E-state index in [1.165, 1.54) is 11.0 Å². The molecule has 3 unspecified atom stereocenters. The number of nitrogens with one attached hydrogen (secondary N) is 2. The standard InChI is InChI=1S/C35H34FN3O5/c36-27-14-8-7-9-22(27)21-39-31(33(41)38-23-10-3-1-4-11-23)35-20-19-28(44-35)29(30(35)34(39)42)32(40)37-24-15-17-26(18-16-24)43-25-12-5-2-6-13-25/h2,5-9,12-20,23,28-31H,1,3-4,10-11,21H2,(H,37,40)(H,38,41)/t28-,29?,30-,31?,35?/m1/s1. The predicted octanol–water partition coefficient (Wildman–Crippen LogP) is 5.36. The van der Waals surface area contributed by atoms with Crippen LogP contribution >= 0.6 is 0 Å². The van der Waals surface area contributed by atoms with E-state index in [9.17, 15) is 18.8 Å². The second kappa shape index (κ2) is 11.5. The Morgan fingerprint density at radius 1 is 0.909 bits per heavy atom. The van der Waals surface area contributed by atoms with Crippen LogP contribution in [0.5, 0.6) is 11.5 Å². The summed E-state index contributed by atoms with van der Waals surface area (Å²) in [4.78, 5) is 43.4. The molecule has 44 heavy (non-hydrogen) atoms. The molecule has 8 nitrogen and oxygen atoms in total. The van der Waals surface area contributed by atoms with Crippen LogP contribution in [0, 0.1) is 17.7 Å². The quantitative estimate of drug-likeness (QED) is 0.342. The molecule has 1 aliphatic carbocycles. The molecule has 1 saturated carbocycles. The van der Waals surface area contributed by atoms with Crippen LogP contribution in [0.4, 0.5) is 10.1 Å². The fourth-order valence-corrected chi connectivity index (χ4v) is 7.23. The van der Waals surface area contributed by atoms with Crippen LogP contribution in [0.3, 0.4) is 0 Å². The van der Waals surface area contributed by atoms with E-state index < -0.39 is 41.3 Å². The minimum Gasteiger partial charge on any atom is -0.457 e. The van der Waals surface area contributed by atoms with Gasteiger partial charge in [0.25, 0.3) is 0 Å². The van der Waals surface area contributed by atoms with Gasteiger partial charge in [0.1, 0.15) is 29.0 Å². The van der Waals surface area contributed by atoms with Gasteiger partial charge in [-0.3, -0.25) is 14.4 Å². The molecule has 1 spiro atoms. The number of anilines is 1. The van der Waals surface area contributed by atoms with Crippen molar-refractivity contribution in [1.29, 1.82) is 0 Å². The Hall–Kier alpha value is -4.50. The van der Waals surface area contributed by atoms with Crippen LogP contribution in [0.2, 0.25) is 0 Å². The molecule has 3 aromatic rings. The van der Waals surface area contributed by atoms with Gasteiger partial charge in [-0.1, -0.05) is 67.8 Å². The molecule has 5 atom stereocenters. The molecule has 3 fully saturated rings. The first-order chi connectivity index (χ1) is 21.4. The highest BCUT2D eigenvalue weighted by molar-refractivity contribution is 6.02. The maximum atomic E-state index is 14.8. The molecule has 3 aromatic carbocycles. The van der Waals surface area contributed by atoms with Crippen LogP contribution in [-0.2, 0) is 25.7 Å². The summed E-state index contributed by atoms with van der Waals surface area (Å²) in [7, 11) is 0. The van der Waals surface area contributed by atoms with Crippen LogP contribution in [0.25, 0.3) is 0 Å². The second-order valence-corrected chi connectivity index (χ2v) is 12.0. The minimum absolute atomic E-state index is 0.00707. The van der Waals surface area contributed by atoms with E-state index in [0.717, 1.165) is 32.1 Å². The van der Waals surface area contributed by atoms with E-state index in [4.69, 9.17) is 9.47 Å². The van der Waals surface area contributed by atoms with Crippen molar-refractivity contribution in [3.63, 3.8) is 0 Å². The fraction of sp³-hybridized carbons (Fsp3) is 0.343. The van der Waals surface area contributed by atoms with E-state index in [1.54, 1.807) is 54.6 Å². The number of rotatable bonds is 8. The highest BCUT2D eigenvalue weighted by atomic mass is 19.1. The SMILES string of the molecule is O=C(Nc1ccc(Oc2ccccc2)cc1)C1[C@H]2C=CC3(O2)C(C(=O)NC2CCCCC2)N(Cc2ccccc2F)C(=O)[C@@H]13. The number of carbonyl (C=O) groups excluding carboxylic acids is 3. The van der Waals surface area contributed by atoms with E-state index in [-0.39, 0.29) is 24.4 Å². The average Bonchev–Trinajstić information content (AvgIpc) is 3.68. The van der Waals surface area contributed by atoms with E-state index >= 15 is 0 Å². The number of benzene rings is 3. The number of hydrogen-bond acceptors (Lipinski definition) is 5. The van der Waals surface area contributed by atoms with Gasteiger partial charge in [0.2, 0.25) is 17.7 Å². The molecule has 9 heteroatoms. The molecule has 3 heterocycles. The van der Waals surface area contributed by atoms with Crippen LogP contribution in [-0.4, -0.2) is 46.4 Å². The Bertz CT molecular complexity index is 1590. The number of likely N-dealkylation sites (tertiary alicyclic amines) is 1. The Morgan fingerprint density at radius 2 is 1.61 bits per heavy atom. The van der Waals surface area contributed by atoms with Gasteiger partial charge in [0, 0.05) is 23.8 Å². The third kappa shape index (κ3) is 5.05. The van der Waals surface area contributed by atoms with E-state index in [1.807, 2.05) is 30.3 Å². The zero-order chi connectivity index (χ0) is 30.3. The largest absolute Gasteiger partial charge is 0.457 e. The molecule has 226 valence electrons. The van der Waals surface area contributed by atoms with Gasteiger partial charge in [0.05, 0.1) is 17.9 Å². The number of carbonyl (C=O) groups is 3. The summed E-state index contributed by atoms with van der Waals surface area (Å²) < 4.78 is 27.1. The number of nitrogens with zero attached hydrogens (tertiary/aromatic N) is 1. The summed E-state index contributed by atoms with van der Waals surface area (Å²) >= 11 is 0. The van der Waals surface area contributed by atoms with Crippen molar-refractivity contribution in [3.8, 4) is 11.5 Å². The summed E-state index contributed by atoms with van der Waals surface area (Å²) in [5.41, 5.74) is -0.484. The first kappa shape index (κ1) is 28.3. The van der Waals surface area contributed by atoms with Crippen molar-refractivity contribution < 1.29 is 28.2 Å². The maximum absolute atomic E-state index is 14.8. The van der Waals surface area contributed by atoms with E-state index in [0.29, 0.717) is 22.7 Å². The Labute approximate surface area is 255 Å². The lowest BCUT2D eigenvalue weighted by Gasteiger charge is -2.34. The molecule has 2 saturated heterocycles. The summed E-state index contributed by atoms with van der Waals surface area (Å²) in [6.07, 6.45) is 7.82. The van der Waals surface area contributed by atoms with Gasteiger partial charge in [-0.05, 0) is 55.3 Å². The summed E-state index contributed by atoms with van der Waals surface area (Å²) in [5.74, 6) is -2.04. The number of amides is 3. The van der Waals surface area contributed by atoms with E-state index in [2.05, 4.69) is 10.6 Å². The molecule has 7 rings (SSSR count). The van der Waals surface area contributed by atoms with Crippen molar-refractivity contribution >= 4 is 23.4 Å². The Morgan fingerprint density at radius 3 is 2.36 bits per heavy atom. The molecule has 4 aliphatic rings. The number of fused-ring (bicyclic) bond motifs is 1. The third-order valence-corrected chi connectivity index (χ3v) is 9.28.